The number of ketones is 1. The Balaban J connectivity index is 2.32. The average Bonchev–Trinajstić information content (AvgIpc) is 2.98. The molecule has 0 radical (unpaired) electrons. The molecule has 0 unspecified atom stereocenters. The van der Waals surface area contributed by atoms with Crippen molar-refractivity contribution in [2.24, 2.45) is 5.41 Å². The number of hydrogen-bond acceptors (Lipinski definition) is 2. The molecule has 0 N–H and O–H groups in total. The number of aryl methyl sites for hydroxylation is 1. The number of pyridine rings is 1. The van der Waals surface area contributed by atoms with Crippen molar-refractivity contribution in [1.29, 1.82) is 0 Å². The minimum atomic E-state index is -0.0339. The number of nitrogens with zero attached hydrogens (tertiary/aromatic N) is 1. The normalized spacial score (nSPS) is 17.9. The van der Waals surface area contributed by atoms with Gasteiger partial charge in [0.2, 0.25) is 0 Å². The van der Waals surface area contributed by atoms with Gasteiger partial charge in [-0.15, -0.1) is 0 Å². The van der Waals surface area contributed by atoms with Crippen LogP contribution in [0.15, 0.2) is 18.5 Å². The van der Waals surface area contributed by atoms with E-state index in [2.05, 4.69) is 11.9 Å². The fraction of sp³-hybridized carbons (Fsp3) is 0.500. The summed E-state index contributed by atoms with van der Waals surface area (Å²) in [5.74, 6) is 0.297. The number of hydrogen-bond donors (Lipinski definition) is 0. The van der Waals surface area contributed by atoms with Crippen LogP contribution in [0.2, 0.25) is 0 Å². The molecule has 2 nitrogen and oxygen atoms in total. The molecule has 0 aromatic carbocycles. The Bertz CT molecular complexity index is 366. The van der Waals surface area contributed by atoms with Crippen LogP contribution in [0.3, 0.4) is 0 Å². The molecule has 0 aliphatic heterocycles. The van der Waals surface area contributed by atoms with Crippen LogP contribution in [0.1, 0.15) is 42.1 Å². The molecule has 2 rings (SSSR count). The summed E-state index contributed by atoms with van der Waals surface area (Å²) < 4.78 is 0. The van der Waals surface area contributed by atoms with Crippen LogP contribution in [0, 0.1) is 12.3 Å². The Labute approximate surface area is 84.4 Å². The van der Waals surface area contributed by atoms with Crippen LogP contribution < -0.4 is 0 Å². The second-order valence-corrected chi connectivity index (χ2v) is 4.15. The molecule has 2 heteroatoms. The van der Waals surface area contributed by atoms with Crippen LogP contribution in [-0.2, 0) is 0 Å². The molecule has 1 saturated carbocycles. The Morgan fingerprint density at radius 2 is 2.29 bits per heavy atom. The monoisotopic (exact) mass is 189 g/mol. The Morgan fingerprint density at radius 3 is 2.79 bits per heavy atom. The minimum absolute atomic E-state index is 0.0339. The van der Waals surface area contributed by atoms with E-state index >= 15 is 0 Å². The quantitative estimate of drug-likeness (QED) is 0.684. The summed E-state index contributed by atoms with van der Waals surface area (Å²) in [6, 6.07) is 1.90. The molecule has 0 spiro atoms. The average molecular weight is 189 g/mol. The lowest BCUT2D eigenvalue weighted by Crippen LogP contribution is -2.16. The van der Waals surface area contributed by atoms with Gasteiger partial charge in [0.25, 0.3) is 0 Å². The van der Waals surface area contributed by atoms with E-state index in [0.717, 1.165) is 30.4 Å². The Hall–Kier alpha value is -1.18. The summed E-state index contributed by atoms with van der Waals surface area (Å²) in [4.78, 5) is 16.2. The predicted molar refractivity (Wildman–Crippen MR) is 55.3 cm³/mol. The molecular formula is C12H15NO. The number of carbonyl (C=O) groups is 1. The van der Waals surface area contributed by atoms with E-state index in [9.17, 15) is 4.79 Å². The zero-order valence-corrected chi connectivity index (χ0v) is 8.71. The second kappa shape index (κ2) is 3.19. The highest BCUT2D eigenvalue weighted by atomic mass is 16.1. The highest BCUT2D eigenvalue weighted by Crippen LogP contribution is 2.51. The van der Waals surface area contributed by atoms with Crippen molar-refractivity contribution in [3.8, 4) is 0 Å². The molecule has 0 saturated heterocycles. The predicted octanol–water partition coefficient (Wildman–Crippen LogP) is 2.76. The van der Waals surface area contributed by atoms with Crippen molar-refractivity contribution in [1.82, 2.24) is 4.98 Å². The van der Waals surface area contributed by atoms with Crippen molar-refractivity contribution in [2.45, 2.75) is 33.1 Å². The minimum Gasteiger partial charge on any atom is -0.293 e. The third-order valence-corrected chi connectivity index (χ3v) is 3.30. The van der Waals surface area contributed by atoms with Gasteiger partial charge in [-0.3, -0.25) is 9.78 Å². The summed E-state index contributed by atoms with van der Waals surface area (Å²) in [7, 11) is 0. The van der Waals surface area contributed by atoms with E-state index in [1.54, 1.807) is 12.4 Å². The molecule has 1 aromatic heterocycles. The van der Waals surface area contributed by atoms with E-state index in [1.165, 1.54) is 0 Å². The highest BCUT2D eigenvalue weighted by Gasteiger charge is 2.48. The van der Waals surface area contributed by atoms with Gasteiger partial charge in [-0.25, -0.2) is 0 Å². The van der Waals surface area contributed by atoms with Gasteiger partial charge < -0.3 is 0 Å². The largest absolute Gasteiger partial charge is 0.293 e. The maximum Gasteiger partial charge on any atom is 0.170 e. The summed E-state index contributed by atoms with van der Waals surface area (Å²) in [6.45, 7) is 4.07. The first kappa shape index (κ1) is 9.38. The summed E-state index contributed by atoms with van der Waals surface area (Å²) in [5, 5.41) is 0. The van der Waals surface area contributed by atoms with Crippen molar-refractivity contribution >= 4 is 5.78 Å². The molecule has 14 heavy (non-hydrogen) atoms. The van der Waals surface area contributed by atoms with Gasteiger partial charge in [-0.1, -0.05) is 6.92 Å². The molecule has 0 atom stereocenters. The molecule has 74 valence electrons. The lowest BCUT2D eigenvalue weighted by molar-refractivity contribution is 0.0895. The van der Waals surface area contributed by atoms with Crippen molar-refractivity contribution in [3.63, 3.8) is 0 Å². The summed E-state index contributed by atoms with van der Waals surface area (Å²) in [6.07, 6.45) is 6.50. The van der Waals surface area contributed by atoms with Crippen LogP contribution >= 0.6 is 0 Å². The fourth-order valence-corrected chi connectivity index (χ4v) is 1.88. The fourth-order valence-electron chi connectivity index (χ4n) is 1.88. The first-order valence-corrected chi connectivity index (χ1v) is 5.15. The molecule has 1 fully saturated rings. The Morgan fingerprint density at radius 1 is 1.57 bits per heavy atom. The van der Waals surface area contributed by atoms with Crippen molar-refractivity contribution < 1.29 is 4.79 Å². The number of aromatic nitrogens is 1. The van der Waals surface area contributed by atoms with Gasteiger partial charge in [0.15, 0.2) is 5.78 Å². The van der Waals surface area contributed by atoms with Gasteiger partial charge in [0.05, 0.1) is 0 Å². The van der Waals surface area contributed by atoms with Crippen molar-refractivity contribution in [3.05, 3.63) is 29.6 Å². The van der Waals surface area contributed by atoms with E-state index in [1.807, 2.05) is 13.0 Å². The van der Waals surface area contributed by atoms with Gasteiger partial charge in [0, 0.05) is 23.4 Å². The summed E-state index contributed by atoms with van der Waals surface area (Å²) >= 11 is 0. The zero-order chi connectivity index (χ0) is 10.2. The van der Waals surface area contributed by atoms with Crippen LogP contribution in [0.5, 0.6) is 0 Å². The van der Waals surface area contributed by atoms with Crippen molar-refractivity contribution in [2.75, 3.05) is 0 Å². The molecule has 1 aliphatic carbocycles. The van der Waals surface area contributed by atoms with Crippen LogP contribution in [-0.4, -0.2) is 10.8 Å². The SMILES string of the molecule is CCC1(C(=O)c2cnccc2C)CC1. The second-order valence-electron chi connectivity index (χ2n) is 4.15. The number of rotatable bonds is 3. The standard InChI is InChI=1S/C12H15NO/c1-3-12(5-6-12)11(14)10-8-13-7-4-9(10)2/h4,7-8H,3,5-6H2,1-2H3. The molecule has 0 bridgehead atoms. The van der Waals surface area contributed by atoms with E-state index in [0.29, 0.717) is 5.78 Å². The maximum absolute atomic E-state index is 12.1. The lowest BCUT2D eigenvalue weighted by Gasteiger charge is -2.12. The summed E-state index contributed by atoms with van der Waals surface area (Å²) in [5.41, 5.74) is 1.82. The molecule has 0 amide bonds. The number of Topliss-reactive ketones (excluding diaryl/α,β-unsaturated/α-hetero) is 1. The smallest absolute Gasteiger partial charge is 0.170 e. The molecule has 1 heterocycles. The first-order valence-electron chi connectivity index (χ1n) is 5.15. The molecule has 1 aliphatic rings. The third-order valence-electron chi connectivity index (χ3n) is 3.30. The van der Waals surface area contributed by atoms with Gasteiger partial charge in [-0.2, -0.15) is 0 Å². The van der Waals surface area contributed by atoms with Crippen LogP contribution in [0.4, 0.5) is 0 Å². The number of carbonyl (C=O) groups excluding carboxylic acids is 1. The lowest BCUT2D eigenvalue weighted by atomic mass is 9.91. The van der Waals surface area contributed by atoms with Gasteiger partial charge in [-0.05, 0) is 37.8 Å². The Kier molecular flexibility index (Phi) is 2.14. The van der Waals surface area contributed by atoms with E-state index < -0.39 is 0 Å². The molecule has 1 aromatic rings. The van der Waals surface area contributed by atoms with E-state index in [4.69, 9.17) is 0 Å². The van der Waals surface area contributed by atoms with Gasteiger partial charge >= 0.3 is 0 Å². The van der Waals surface area contributed by atoms with E-state index in [-0.39, 0.29) is 5.41 Å². The molecular weight excluding hydrogens is 174 g/mol. The van der Waals surface area contributed by atoms with Crippen LogP contribution in [0.25, 0.3) is 0 Å². The third kappa shape index (κ3) is 1.35. The maximum atomic E-state index is 12.1. The topological polar surface area (TPSA) is 30.0 Å². The zero-order valence-electron chi connectivity index (χ0n) is 8.71. The van der Waals surface area contributed by atoms with Gasteiger partial charge in [0.1, 0.15) is 0 Å². The highest BCUT2D eigenvalue weighted by molar-refractivity contribution is 6.03. The first-order chi connectivity index (χ1) is 6.69.